The number of hydrogen-bond acceptors (Lipinski definition) is 3. The van der Waals surface area contributed by atoms with Gasteiger partial charge in [-0.3, -0.25) is 4.79 Å². The maximum atomic E-state index is 12.2. The van der Waals surface area contributed by atoms with Gasteiger partial charge in [-0.25, -0.2) is 0 Å². The molecule has 0 spiro atoms. The average molecular weight is 303 g/mol. The molecule has 0 aromatic heterocycles. The molecular weight excluding hydrogens is 278 g/mol. The van der Waals surface area contributed by atoms with Crippen molar-refractivity contribution in [2.24, 2.45) is 0 Å². The van der Waals surface area contributed by atoms with Crippen molar-refractivity contribution in [3.63, 3.8) is 0 Å². The maximum absolute atomic E-state index is 12.2. The summed E-state index contributed by atoms with van der Waals surface area (Å²) in [7, 11) is 0. The van der Waals surface area contributed by atoms with E-state index in [1.165, 1.54) is 24.0 Å². The summed E-state index contributed by atoms with van der Waals surface area (Å²) < 4.78 is 11.5. The van der Waals surface area contributed by atoms with E-state index >= 15 is 0 Å². The van der Waals surface area contributed by atoms with Gasteiger partial charge in [0.2, 0.25) is 0 Å². The molecule has 4 nitrogen and oxygen atoms in total. The average Bonchev–Trinajstić information content (AvgIpc) is 3.06. The van der Waals surface area contributed by atoms with E-state index in [2.05, 4.69) is 11.4 Å². The van der Waals surface area contributed by atoms with E-state index in [1.807, 2.05) is 19.1 Å². The van der Waals surface area contributed by atoms with Crippen LogP contribution in [-0.4, -0.2) is 31.3 Å². The minimum atomic E-state index is -0.477. The molecule has 1 heterocycles. The highest BCUT2D eigenvalue weighted by Gasteiger charge is 2.21. The second-order valence-corrected chi connectivity index (χ2v) is 6.24. The molecule has 2 aliphatic rings. The van der Waals surface area contributed by atoms with Gasteiger partial charge in [0.05, 0.1) is 6.10 Å². The van der Waals surface area contributed by atoms with Gasteiger partial charge in [-0.15, -0.1) is 0 Å². The lowest BCUT2D eigenvalue weighted by Gasteiger charge is -2.22. The zero-order valence-corrected chi connectivity index (χ0v) is 13.3. The third kappa shape index (κ3) is 3.61. The molecule has 1 saturated heterocycles. The molecule has 1 fully saturated rings. The molecule has 0 bridgehead atoms. The van der Waals surface area contributed by atoms with Crippen molar-refractivity contribution in [3.05, 3.63) is 29.3 Å². The first-order valence-electron chi connectivity index (χ1n) is 8.41. The van der Waals surface area contributed by atoms with E-state index in [0.29, 0.717) is 6.54 Å². The lowest BCUT2D eigenvalue weighted by molar-refractivity contribution is -0.127. The summed E-state index contributed by atoms with van der Waals surface area (Å²) in [5.74, 6) is 0.806. The fourth-order valence-corrected chi connectivity index (χ4v) is 3.26. The molecule has 0 saturated carbocycles. The van der Waals surface area contributed by atoms with Crippen molar-refractivity contribution < 1.29 is 14.3 Å². The number of hydrogen-bond donors (Lipinski definition) is 1. The van der Waals surface area contributed by atoms with Crippen LogP contribution in [0.1, 0.15) is 43.7 Å². The Kier molecular flexibility index (Phi) is 4.98. The van der Waals surface area contributed by atoms with Crippen LogP contribution in [0.15, 0.2) is 18.2 Å². The van der Waals surface area contributed by atoms with Crippen LogP contribution < -0.4 is 10.1 Å². The van der Waals surface area contributed by atoms with E-state index in [9.17, 15) is 4.79 Å². The summed E-state index contributed by atoms with van der Waals surface area (Å²) in [6.07, 6.45) is 6.42. The van der Waals surface area contributed by atoms with Gasteiger partial charge >= 0.3 is 0 Å². The normalized spacial score (nSPS) is 22.0. The molecule has 1 aromatic rings. The first-order valence-corrected chi connectivity index (χ1v) is 8.41. The van der Waals surface area contributed by atoms with E-state index in [-0.39, 0.29) is 12.0 Å². The maximum Gasteiger partial charge on any atom is 0.260 e. The Hall–Kier alpha value is -1.55. The van der Waals surface area contributed by atoms with Gasteiger partial charge in [-0.2, -0.15) is 0 Å². The summed E-state index contributed by atoms with van der Waals surface area (Å²) in [6, 6.07) is 6.17. The minimum Gasteiger partial charge on any atom is -0.481 e. The molecule has 1 amide bonds. The topological polar surface area (TPSA) is 47.6 Å². The molecule has 22 heavy (non-hydrogen) atoms. The fourth-order valence-electron chi connectivity index (χ4n) is 3.26. The van der Waals surface area contributed by atoms with Gasteiger partial charge in [0.25, 0.3) is 5.91 Å². The Bertz CT molecular complexity index is 523. The number of rotatable bonds is 5. The number of amides is 1. The lowest BCUT2D eigenvalue weighted by Crippen LogP contribution is -2.40. The predicted molar refractivity (Wildman–Crippen MR) is 85.2 cm³/mol. The van der Waals surface area contributed by atoms with E-state index in [4.69, 9.17) is 9.47 Å². The Morgan fingerprint density at radius 1 is 1.36 bits per heavy atom. The SMILES string of the molecule is C[C@@H](Oc1cccc2c1CCCC2)C(=O)NC[C@@H]1CCCO1. The van der Waals surface area contributed by atoms with Crippen LogP contribution in [0.3, 0.4) is 0 Å². The molecule has 2 atom stereocenters. The molecule has 1 N–H and O–H groups in total. The molecule has 1 aliphatic carbocycles. The van der Waals surface area contributed by atoms with Crippen LogP contribution in [0, 0.1) is 0 Å². The van der Waals surface area contributed by atoms with Crippen LogP contribution in [0.25, 0.3) is 0 Å². The minimum absolute atomic E-state index is 0.0658. The first kappa shape index (κ1) is 15.3. The fraction of sp³-hybridized carbons (Fsp3) is 0.611. The van der Waals surface area contributed by atoms with E-state index in [0.717, 1.165) is 38.0 Å². The zero-order chi connectivity index (χ0) is 15.4. The quantitative estimate of drug-likeness (QED) is 0.909. The van der Waals surface area contributed by atoms with Crippen LogP contribution in [0.2, 0.25) is 0 Å². The third-order valence-corrected chi connectivity index (χ3v) is 4.55. The largest absolute Gasteiger partial charge is 0.481 e. The zero-order valence-electron chi connectivity index (χ0n) is 13.3. The van der Waals surface area contributed by atoms with E-state index in [1.54, 1.807) is 0 Å². The number of nitrogens with one attached hydrogen (secondary N) is 1. The molecule has 4 heteroatoms. The highest BCUT2D eigenvalue weighted by Crippen LogP contribution is 2.30. The van der Waals surface area contributed by atoms with Crippen LogP contribution in [0.5, 0.6) is 5.75 Å². The van der Waals surface area contributed by atoms with Crippen LogP contribution >= 0.6 is 0 Å². The molecule has 120 valence electrons. The number of aryl methyl sites for hydroxylation is 1. The predicted octanol–water partition coefficient (Wildman–Crippen LogP) is 2.63. The molecule has 1 aromatic carbocycles. The number of fused-ring (bicyclic) bond motifs is 1. The monoisotopic (exact) mass is 303 g/mol. The van der Waals surface area contributed by atoms with Gasteiger partial charge in [0.1, 0.15) is 5.75 Å². The van der Waals surface area contributed by atoms with Gasteiger partial charge in [-0.1, -0.05) is 12.1 Å². The second kappa shape index (κ2) is 7.14. The van der Waals surface area contributed by atoms with Gasteiger partial charge in [0, 0.05) is 13.2 Å². The number of ether oxygens (including phenoxy) is 2. The lowest BCUT2D eigenvalue weighted by atomic mass is 9.91. The number of carbonyl (C=O) groups excluding carboxylic acids is 1. The third-order valence-electron chi connectivity index (χ3n) is 4.55. The Morgan fingerprint density at radius 2 is 2.23 bits per heavy atom. The van der Waals surface area contributed by atoms with Crippen molar-refractivity contribution in [2.45, 2.75) is 57.7 Å². The molecule has 0 radical (unpaired) electrons. The van der Waals surface area contributed by atoms with Gasteiger partial charge in [-0.05, 0) is 62.6 Å². The van der Waals surface area contributed by atoms with Crippen molar-refractivity contribution in [1.29, 1.82) is 0 Å². The molecule has 0 unspecified atom stereocenters. The van der Waals surface area contributed by atoms with Crippen molar-refractivity contribution in [2.75, 3.05) is 13.2 Å². The van der Waals surface area contributed by atoms with Crippen molar-refractivity contribution >= 4 is 5.91 Å². The van der Waals surface area contributed by atoms with Crippen molar-refractivity contribution in [3.8, 4) is 5.75 Å². The first-order chi connectivity index (χ1) is 10.7. The second-order valence-electron chi connectivity index (χ2n) is 6.24. The smallest absolute Gasteiger partial charge is 0.260 e. The highest BCUT2D eigenvalue weighted by atomic mass is 16.5. The molecular formula is C18H25NO3. The highest BCUT2D eigenvalue weighted by molar-refractivity contribution is 5.80. The van der Waals surface area contributed by atoms with Gasteiger partial charge < -0.3 is 14.8 Å². The summed E-state index contributed by atoms with van der Waals surface area (Å²) in [5.41, 5.74) is 2.66. The molecule has 1 aliphatic heterocycles. The van der Waals surface area contributed by atoms with Crippen LogP contribution in [-0.2, 0) is 22.4 Å². The summed E-state index contributed by atoms with van der Waals surface area (Å²) in [4.78, 5) is 12.2. The summed E-state index contributed by atoms with van der Waals surface area (Å²) in [6.45, 7) is 3.20. The Morgan fingerprint density at radius 3 is 3.05 bits per heavy atom. The van der Waals surface area contributed by atoms with Gasteiger partial charge in [0.15, 0.2) is 6.10 Å². The summed E-state index contributed by atoms with van der Waals surface area (Å²) >= 11 is 0. The number of carbonyl (C=O) groups is 1. The number of benzene rings is 1. The Labute approximate surface area is 132 Å². The summed E-state index contributed by atoms with van der Waals surface area (Å²) in [5, 5.41) is 2.94. The standard InChI is InChI=1S/C18H25NO3/c1-13(18(20)19-12-15-8-5-11-21-15)22-17-10-4-7-14-6-2-3-9-16(14)17/h4,7,10,13,15H,2-3,5-6,8-9,11-12H2,1H3,(H,19,20)/t13-,15+/m1/s1. The van der Waals surface area contributed by atoms with E-state index < -0.39 is 6.10 Å². The van der Waals surface area contributed by atoms with Crippen molar-refractivity contribution in [1.82, 2.24) is 5.32 Å². The Balaban J connectivity index is 1.56. The van der Waals surface area contributed by atoms with Crippen LogP contribution in [0.4, 0.5) is 0 Å². The molecule has 3 rings (SSSR count).